The number of para-hydroxylation sites is 1. The van der Waals surface area contributed by atoms with E-state index in [0.717, 1.165) is 46.8 Å². The Morgan fingerprint density at radius 3 is 2.81 bits per heavy atom. The van der Waals surface area contributed by atoms with Crippen LogP contribution >= 0.6 is 23.4 Å². The minimum absolute atomic E-state index is 0.0362. The Morgan fingerprint density at radius 2 is 2.06 bits per heavy atom. The van der Waals surface area contributed by atoms with Crippen molar-refractivity contribution in [3.05, 3.63) is 57.6 Å². The van der Waals surface area contributed by atoms with Gasteiger partial charge in [-0.05, 0) is 18.6 Å². The molecule has 0 aliphatic heterocycles. The van der Waals surface area contributed by atoms with Crippen LogP contribution < -0.4 is 5.32 Å². The summed E-state index contributed by atoms with van der Waals surface area (Å²) in [5.41, 5.74) is 2.67. The van der Waals surface area contributed by atoms with Gasteiger partial charge in [-0.3, -0.25) is 14.9 Å². The Labute approximate surface area is 186 Å². The summed E-state index contributed by atoms with van der Waals surface area (Å²) < 4.78 is 2.11. The summed E-state index contributed by atoms with van der Waals surface area (Å²) in [5, 5.41) is 23.4. The number of benzene rings is 2. The van der Waals surface area contributed by atoms with Crippen LogP contribution in [0.4, 0.5) is 11.4 Å². The van der Waals surface area contributed by atoms with Crippen LogP contribution in [0.15, 0.2) is 47.6 Å². The van der Waals surface area contributed by atoms with Gasteiger partial charge >= 0.3 is 0 Å². The topological polar surface area (TPSA) is 116 Å². The van der Waals surface area contributed by atoms with Crippen molar-refractivity contribution < 1.29 is 9.72 Å². The smallest absolute Gasteiger partial charge is 0.271 e. The van der Waals surface area contributed by atoms with Gasteiger partial charge in [-0.1, -0.05) is 48.5 Å². The van der Waals surface area contributed by atoms with Crippen LogP contribution in [0.25, 0.3) is 22.1 Å². The van der Waals surface area contributed by atoms with Crippen LogP contribution in [0.1, 0.15) is 13.3 Å². The molecule has 2 aromatic carbocycles. The number of anilines is 1. The monoisotopic (exact) mass is 456 g/mol. The third kappa shape index (κ3) is 4.30. The van der Waals surface area contributed by atoms with Gasteiger partial charge < -0.3 is 9.88 Å². The Hall–Kier alpha value is -3.24. The van der Waals surface area contributed by atoms with E-state index in [1.165, 1.54) is 18.2 Å². The quantitative estimate of drug-likeness (QED) is 0.244. The second kappa shape index (κ2) is 8.86. The second-order valence-electron chi connectivity index (χ2n) is 6.69. The molecule has 0 saturated carbocycles. The largest absolute Gasteiger partial charge is 0.324 e. The van der Waals surface area contributed by atoms with Gasteiger partial charge in [0.1, 0.15) is 5.52 Å². The summed E-state index contributed by atoms with van der Waals surface area (Å²) >= 11 is 7.17. The molecule has 2 aromatic heterocycles. The average molecular weight is 457 g/mol. The van der Waals surface area contributed by atoms with Crippen molar-refractivity contribution in [3.63, 3.8) is 0 Å². The van der Waals surface area contributed by atoms with E-state index in [9.17, 15) is 14.9 Å². The minimum atomic E-state index is -0.550. The number of nitro benzene ring substituents is 1. The Bertz CT molecular complexity index is 1310. The van der Waals surface area contributed by atoms with Crippen LogP contribution in [0.3, 0.4) is 0 Å². The molecule has 1 N–H and O–H groups in total. The number of nitro groups is 1. The average Bonchev–Trinajstić information content (AvgIpc) is 3.07. The first kappa shape index (κ1) is 21.0. The number of fused-ring (bicyclic) bond motifs is 3. The van der Waals surface area contributed by atoms with Crippen molar-refractivity contribution in [2.24, 2.45) is 0 Å². The molecule has 0 spiro atoms. The van der Waals surface area contributed by atoms with Crippen LogP contribution in [-0.4, -0.2) is 36.3 Å². The molecular formula is C20H17ClN6O3S. The summed E-state index contributed by atoms with van der Waals surface area (Å²) in [5.74, 6) is -0.298. The summed E-state index contributed by atoms with van der Waals surface area (Å²) in [7, 11) is 0. The molecule has 0 fully saturated rings. The summed E-state index contributed by atoms with van der Waals surface area (Å²) in [6.07, 6.45) is 0.943. The first-order chi connectivity index (χ1) is 15.0. The van der Waals surface area contributed by atoms with E-state index in [-0.39, 0.29) is 22.4 Å². The number of aromatic nitrogens is 4. The Balaban J connectivity index is 1.51. The zero-order chi connectivity index (χ0) is 22.0. The first-order valence-corrected chi connectivity index (χ1v) is 10.8. The number of rotatable bonds is 7. The van der Waals surface area contributed by atoms with Gasteiger partial charge in [0.25, 0.3) is 5.69 Å². The Kier molecular flexibility index (Phi) is 6.01. The number of nitrogens with one attached hydrogen (secondary N) is 1. The van der Waals surface area contributed by atoms with Crippen molar-refractivity contribution in [1.29, 1.82) is 0 Å². The molecule has 2 heterocycles. The summed E-state index contributed by atoms with van der Waals surface area (Å²) in [4.78, 5) is 27.2. The van der Waals surface area contributed by atoms with E-state index in [1.54, 1.807) is 0 Å². The normalized spacial score (nSPS) is 11.2. The zero-order valence-corrected chi connectivity index (χ0v) is 18.0. The van der Waals surface area contributed by atoms with Crippen molar-refractivity contribution in [2.45, 2.75) is 25.0 Å². The van der Waals surface area contributed by atoms with Gasteiger partial charge in [-0.25, -0.2) is 4.98 Å². The molecule has 158 valence electrons. The zero-order valence-electron chi connectivity index (χ0n) is 16.4. The predicted molar refractivity (Wildman–Crippen MR) is 121 cm³/mol. The van der Waals surface area contributed by atoms with Gasteiger partial charge in [-0.2, -0.15) is 0 Å². The van der Waals surface area contributed by atoms with Crippen LogP contribution in [0.2, 0.25) is 5.02 Å². The number of carbonyl (C=O) groups excluding carboxylic acids is 1. The van der Waals surface area contributed by atoms with Crippen LogP contribution in [-0.2, 0) is 11.3 Å². The molecule has 31 heavy (non-hydrogen) atoms. The summed E-state index contributed by atoms with van der Waals surface area (Å²) in [6.45, 7) is 2.89. The van der Waals surface area contributed by atoms with E-state index in [4.69, 9.17) is 11.6 Å². The van der Waals surface area contributed by atoms with E-state index >= 15 is 0 Å². The number of halogens is 1. The molecular weight excluding hydrogens is 440 g/mol. The lowest BCUT2D eigenvalue weighted by molar-refractivity contribution is -0.384. The maximum absolute atomic E-state index is 12.3. The molecule has 0 bridgehead atoms. The van der Waals surface area contributed by atoms with Crippen molar-refractivity contribution >= 4 is 62.7 Å². The van der Waals surface area contributed by atoms with Crippen molar-refractivity contribution in [2.75, 3.05) is 11.1 Å². The second-order valence-corrected chi connectivity index (χ2v) is 8.04. The highest BCUT2D eigenvalue weighted by Crippen LogP contribution is 2.28. The number of aryl methyl sites for hydroxylation is 1. The molecule has 0 aliphatic carbocycles. The lowest BCUT2D eigenvalue weighted by Crippen LogP contribution is -2.14. The lowest BCUT2D eigenvalue weighted by Gasteiger charge is -2.07. The molecule has 1 amide bonds. The SMILES string of the molecule is CCCn1c2ccccc2c2nnc(SCC(=O)Nc3ccc([N+](=O)[O-])cc3Cl)nc21. The fourth-order valence-electron chi connectivity index (χ4n) is 3.24. The molecule has 0 saturated heterocycles. The molecule has 4 rings (SSSR count). The lowest BCUT2D eigenvalue weighted by atomic mass is 10.2. The maximum atomic E-state index is 12.3. The van der Waals surface area contributed by atoms with Crippen LogP contribution in [0.5, 0.6) is 0 Å². The molecule has 0 atom stereocenters. The fourth-order valence-corrected chi connectivity index (χ4v) is 4.04. The van der Waals surface area contributed by atoms with Crippen LogP contribution in [0, 0.1) is 10.1 Å². The standard InChI is InChI=1S/C20H17ClN6O3S/c1-2-9-26-16-6-4-3-5-13(16)18-19(26)23-20(25-24-18)31-11-17(28)22-15-8-7-12(27(29)30)10-14(15)21/h3-8,10H,2,9,11H2,1H3,(H,22,28). The summed E-state index contributed by atoms with van der Waals surface area (Å²) in [6, 6.07) is 11.8. The van der Waals surface area contributed by atoms with E-state index < -0.39 is 4.92 Å². The molecule has 4 aromatic rings. The highest BCUT2D eigenvalue weighted by atomic mass is 35.5. The van der Waals surface area contributed by atoms with Gasteiger partial charge in [0.05, 0.1) is 26.9 Å². The first-order valence-electron chi connectivity index (χ1n) is 9.46. The highest BCUT2D eigenvalue weighted by Gasteiger charge is 2.16. The highest BCUT2D eigenvalue weighted by molar-refractivity contribution is 7.99. The van der Waals surface area contributed by atoms with Crippen molar-refractivity contribution in [3.8, 4) is 0 Å². The number of hydrogen-bond acceptors (Lipinski definition) is 7. The number of amides is 1. The van der Waals surface area contributed by atoms with E-state index in [0.29, 0.717) is 10.8 Å². The van der Waals surface area contributed by atoms with Crippen molar-refractivity contribution in [1.82, 2.24) is 19.7 Å². The molecule has 9 nitrogen and oxygen atoms in total. The third-order valence-electron chi connectivity index (χ3n) is 4.57. The van der Waals surface area contributed by atoms with E-state index in [2.05, 4.69) is 32.0 Å². The molecule has 11 heteroatoms. The number of nitrogens with zero attached hydrogens (tertiary/aromatic N) is 5. The number of hydrogen-bond donors (Lipinski definition) is 1. The number of thioether (sulfide) groups is 1. The van der Waals surface area contributed by atoms with Gasteiger partial charge in [0.2, 0.25) is 11.1 Å². The number of carbonyl (C=O) groups is 1. The molecule has 0 radical (unpaired) electrons. The molecule has 0 aliphatic rings. The van der Waals surface area contributed by atoms with E-state index in [1.807, 2.05) is 24.3 Å². The van der Waals surface area contributed by atoms with Gasteiger partial charge in [-0.15, -0.1) is 10.2 Å². The van der Waals surface area contributed by atoms with Gasteiger partial charge in [0, 0.05) is 24.1 Å². The number of non-ortho nitro benzene ring substituents is 1. The minimum Gasteiger partial charge on any atom is -0.324 e. The predicted octanol–water partition coefficient (Wildman–Crippen LogP) is 4.68. The third-order valence-corrected chi connectivity index (χ3v) is 5.72. The maximum Gasteiger partial charge on any atom is 0.271 e. The van der Waals surface area contributed by atoms with Gasteiger partial charge in [0.15, 0.2) is 5.65 Å². The molecule has 0 unspecified atom stereocenters. The Morgan fingerprint density at radius 1 is 1.26 bits per heavy atom. The fraction of sp³-hybridized carbons (Fsp3) is 0.200.